The predicted molar refractivity (Wildman–Crippen MR) is 505 cm³/mol. The van der Waals surface area contributed by atoms with Gasteiger partial charge in [-0.15, -0.1) is 0 Å². The first-order valence-electron chi connectivity index (χ1n) is 42.4. The van der Waals surface area contributed by atoms with Gasteiger partial charge in [0.05, 0.1) is 27.3 Å². The van der Waals surface area contributed by atoms with Crippen molar-refractivity contribution in [3.63, 3.8) is 0 Å². The van der Waals surface area contributed by atoms with Gasteiger partial charge < -0.3 is 17.6 Å². The molecule has 606 valence electrons. The number of pyridine rings is 12. The van der Waals surface area contributed by atoms with E-state index in [4.69, 9.17) is 0 Å². The summed E-state index contributed by atoms with van der Waals surface area (Å²) in [5.41, 5.74) is 34.4. The second-order valence-corrected chi connectivity index (χ2v) is 32.5. The van der Waals surface area contributed by atoms with Crippen LogP contribution in [-0.2, 0) is 42.3 Å². The highest BCUT2D eigenvalue weighted by molar-refractivity contribution is 5.96. The second kappa shape index (κ2) is 33.7. The van der Waals surface area contributed by atoms with E-state index in [1.165, 1.54) is 178 Å². The molecule has 0 unspecified atom stereocenters. The minimum absolute atomic E-state index is 0.992. The van der Waals surface area contributed by atoms with E-state index in [0.29, 0.717) is 0 Å². The average molecular weight is 1620 g/mol. The molecule has 23 aromatic rings. The van der Waals surface area contributed by atoms with Crippen LogP contribution in [0.3, 0.4) is 0 Å². The fourth-order valence-corrected chi connectivity index (χ4v) is 18.2. The van der Waals surface area contributed by atoms with Crippen molar-refractivity contribution in [2.45, 2.75) is 55.4 Å². The van der Waals surface area contributed by atoms with E-state index in [1.54, 1.807) is 0 Å². The van der Waals surface area contributed by atoms with Crippen molar-refractivity contribution in [2.75, 3.05) is 0 Å². The lowest BCUT2D eigenvalue weighted by molar-refractivity contribution is -0.660. The van der Waals surface area contributed by atoms with E-state index in [2.05, 4.69) is 508 Å². The van der Waals surface area contributed by atoms with Crippen LogP contribution in [0.1, 0.15) is 45.0 Å². The molecule has 5 aromatic carbocycles. The monoisotopic (exact) mass is 1620 g/mol. The van der Waals surface area contributed by atoms with Gasteiger partial charge >= 0.3 is 0 Å². The zero-order chi connectivity index (χ0) is 85.6. The van der Waals surface area contributed by atoms with Crippen LogP contribution >= 0.6 is 0 Å². The first-order chi connectivity index (χ1) is 60.4. The third-order valence-corrected chi connectivity index (χ3v) is 24.5. The molecule has 124 heavy (non-hydrogen) atoms. The van der Waals surface area contributed by atoms with E-state index in [1.807, 2.05) is 18.5 Å². The first-order valence-corrected chi connectivity index (χ1v) is 42.4. The number of nitrogens with zero attached hydrogens (tertiary/aromatic N) is 14. The van der Waals surface area contributed by atoms with Gasteiger partial charge in [-0.1, -0.05) is 115 Å². The molecule has 0 saturated carbocycles. The molecule has 14 nitrogen and oxygen atoms in total. The third-order valence-electron chi connectivity index (χ3n) is 24.5. The number of aromatic nitrogens is 14. The van der Waals surface area contributed by atoms with Gasteiger partial charge in [-0.3, -0.25) is 8.80 Å². The topological polar surface area (TPSA) is 75.5 Å². The summed E-state index contributed by atoms with van der Waals surface area (Å²) in [6, 6.07) is 107. The Hall–Kier alpha value is -15.3. The molecule has 0 aliphatic carbocycles. The highest BCUT2D eigenvalue weighted by Crippen LogP contribution is 2.35. The van der Waals surface area contributed by atoms with E-state index in [-0.39, 0.29) is 0 Å². The van der Waals surface area contributed by atoms with Crippen molar-refractivity contribution in [1.29, 1.82) is 0 Å². The smallest absolute Gasteiger partial charge is 0.237 e. The van der Waals surface area contributed by atoms with Gasteiger partial charge in [0.2, 0.25) is 45.2 Å². The molecular formula is C110H102N14+6. The molecule has 18 aromatic heterocycles. The molecule has 0 aliphatic heterocycles. The van der Waals surface area contributed by atoms with Crippen molar-refractivity contribution >= 4 is 87.5 Å². The fourth-order valence-electron chi connectivity index (χ4n) is 18.2. The van der Waals surface area contributed by atoms with Crippen LogP contribution in [-0.4, -0.2) is 36.4 Å². The average Bonchev–Trinajstić information content (AvgIpc) is 1.55. The molecule has 23 rings (SSSR count). The number of rotatable bonds is 6. The van der Waals surface area contributed by atoms with Gasteiger partial charge in [-0.25, -0.2) is 9.97 Å². The quantitative estimate of drug-likeness (QED) is 0.156. The molecular weight excluding hydrogens is 1520 g/mol. The first kappa shape index (κ1) is 79.8. The van der Waals surface area contributed by atoms with Crippen LogP contribution < -0.4 is 27.4 Å². The maximum Gasteiger partial charge on any atom is 0.237 e. The molecule has 0 radical (unpaired) electrons. The highest BCUT2D eigenvalue weighted by Gasteiger charge is 2.27. The molecule has 0 aliphatic rings. The van der Waals surface area contributed by atoms with Crippen LogP contribution in [0.4, 0.5) is 0 Å². The van der Waals surface area contributed by atoms with Crippen molar-refractivity contribution in [3.05, 3.63) is 410 Å². The number of para-hydroxylation sites is 2. The summed E-state index contributed by atoms with van der Waals surface area (Å²) in [5, 5.41) is 10.2. The molecule has 0 N–H and O–H groups in total. The lowest BCUT2D eigenvalue weighted by Crippen LogP contribution is -2.31. The van der Waals surface area contributed by atoms with E-state index in [9.17, 15) is 0 Å². The molecule has 0 fully saturated rings. The third kappa shape index (κ3) is 14.8. The normalized spacial score (nSPS) is 11.3. The summed E-state index contributed by atoms with van der Waals surface area (Å²) in [6.07, 6.45) is 20.9. The molecule has 0 bridgehead atoms. The standard InChI is InChI=1S/C19H18N3.4C19H17N2.C15H16N3/c1-13-8-9-17-20-12-14(2)22(17)18(13)19-16-7-5-4-6-15(16)10-11-21(19)3;1-14-6-5-8-16-10-11-18(21(14)16)19-17-9-4-3-7-15(17)12-13-20(19)2;1-14-16(13-21-12-6-5-8-17(14)21)19-11-10-15-7-3-4-9-18(15)20(19)2;1-14-17(13-16-8-5-6-12-21(14)16)19-11-10-15-7-3-4-9-18(15)20(19)2;1-14-13-16-8-5-6-11-21(16)18(14)19-17-9-4-3-7-15(17)10-12-20(19)2;1-11-7-8-14-16-10-12(2)18(14)15(11)13-6-4-5-9-17(13)3/h4-12H,1-3H3;4*3-13H,1-2H3;4-10H,1-3H3/q6*+1. The van der Waals surface area contributed by atoms with Gasteiger partial charge in [-0.2, -0.15) is 27.4 Å². The molecule has 0 saturated heterocycles. The fraction of sp³-hybridized carbons (Fsp3) is 0.127. The predicted octanol–water partition coefficient (Wildman–Crippen LogP) is 21.6. The number of benzene rings is 5. The van der Waals surface area contributed by atoms with Crippen LogP contribution in [0.2, 0.25) is 0 Å². The molecule has 0 spiro atoms. The van der Waals surface area contributed by atoms with Crippen LogP contribution in [0.15, 0.2) is 365 Å². The Morgan fingerprint density at radius 3 is 1.35 bits per heavy atom. The minimum atomic E-state index is 0.992. The number of imidazole rings is 2. The van der Waals surface area contributed by atoms with Gasteiger partial charge in [-0.05, 0) is 227 Å². The summed E-state index contributed by atoms with van der Waals surface area (Å²) < 4.78 is 26.8. The van der Waals surface area contributed by atoms with Gasteiger partial charge in [0.25, 0.3) is 0 Å². The minimum Gasteiger partial charge on any atom is -0.323 e. The van der Waals surface area contributed by atoms with E-state index < -0.39 is 0 Å². The molecule has 0 atom stereocenters. The Bertz CT molecular complexity index is 7860. The van der Waals surface area contributed by atoms with Crippen molar-refractivity contribution in [1.82, 2.24) is 36.4 Å². The number of hydrogen-bond donors (Lipinski definition) is 0. The van der Waals surface area contributed by atoms with E-state index >= 15 is 0 Å². The van der Waals surface area contributed by atoms with Crippen LogP contribution in [0.25, 0.3) is 156 Å². The van der Waals surface area contributed by atoms with Crippen molar-refractivity contribution < 1.29 is 27.4 Å². The highest BCUT2D eigenvalue weighted by atomic mass is 15.1. The summed E-state index contributed by atoms with van der Waals surface area (Å²) in [4.78, 5) is 8.94. The Morgan fingerprint density at radius 1 is 0.290 bits per heavy atom. The lowest BCUT2D eigenvalue weighted by atomic mass is 10.0. The Balaban J connectivity index is 0.000000101. The summed E-state index contributed by atoms with van der Waals surface area (Å²) >= 11 is 0. The molecule has 14 heteroatoms. The van der Waals surface area contributed by atoms with Crippen molar-refractivity contribution in [2.24, 2.45) is 42.3 Å². The van der Waals surface area contributed by atoms with E-state index in [0.717, 1.165) is 22.7 Å². The second-order valence-electron chi connectivity index (χ2n) is 32.5. The maximum absolute atomic E-state index is 4.51. The van der Waals surface area contributed by atoms with Gasteiger partial charge in [0, 0.05) is 147 Å². The summed E-state index contributed by atoms with van der Waals surface area (Å²) in [6.45, 7) is 17.2. The van der Waals surface area contributed by atoms with Crippen molar-refractivity contribution in [3.8, 4) is 68.1 Å². The Morgan fingerprint density at radius 2 is 0.766 bits per heavy atom. The Labute approximate surface area is 722 Å². The number of aryl methyl sites for hydroxylation is 14. The van der Waals surface area contributed by atoms with Gasteiger partial charge in [0.15, 0.2) is 24.8 Å². The SMILES string of the molecule is Cc1c(-c2ccc3ccccc3[n+]2C)cc2ccccn12.Cc1c(-c2ccc3ccccc3[n+]2C)cn2ccccc12.Cc1cc2ccccn2c1-c1c2ccccc2cc[n+]1C.Cc1ccc2ncc(C)n2c1-c1c2ccccc2cc[n+]1C.Cc1ccc2ncc(C)n2c1-c1cccc[n+]1C.Cc1cccc2ccc(-c3c4ccccc4cc[n+]3C)n12. The van der Waals surface area contributed by atoms with Gasteiger partial charge in [0.1, 0.15) is 76.4 Å². The zero-order valence-corrected chi connectivity index (χ0v) is 72.9. The molecule has 18 heterocycles. The lowest BCUT2D eigenvalue weighted by Gasteiger charge is -2.11. The molecule has 0 amide bonds. The zero-order valence-electron chi connectivity index (χ0n) is 72.9. The van der Waals surface area contributed by atoms with Crippen LogP contribution in [0, 0.1) is 55.4 Å². The maximum atomic E-state index is 4.51. The largest absolute Gasteiger partial charge is 0.323 e. The summed E-state index contributed by atoms with van der Waals surface area (Å²) in [7, 11) is 12.7. The Kier molecular flexibility index (Phi) is 21.7. The summed E-state index contributed by atoms with van der Waals surface area (Å²) in [5.74, 6) is 0. The van der Waals surface area contributed by atoms with Crippen LogP contribution in [0.5, 0.6) is 0 Å². The number of fused-ring (bicyclic) bond motifs is 11. The number of hydrogen-bond acceptors (Lipinski definition) is 2.